The Labute approximate surface area is 97.0 Å². The fraction of sp³-hybridized carbons (Fsp3) is 0.462. The van der Waals surface area contributed by atoms with Crippen LogP contribution in [-0.2, 0) is 4.79 Å². The van der Waals surface area contributed by atoms with Gasteiger partial charge >= 0.3 is 0 Å². The van der Waals surface area contributed by atoms with Gasteiger partial charge < -0.3 is 11.1 Å². The molecule has 1 aromatic rings. The van der Waals surface area contributed by atoms with E-state index in [4.69, 9.17) is 5.73 Å². The Bertz CT molecular complexity index is 345. The molecule has 0 aromatic heterocycles. The van der Waals surface area contributed by atoms with Crippen LogP contribution < -0.4 is 11.1 Å². The van der Waals surface area contributed by atoms with E-state index in [-0.39, 0.29) is 5.91 Å². The molecule has 1 amide bonds. The molecular formula is C13H20N2O. The topological polar surface area (TPSA) is 55.1 Å². The van der Waals surface area contributed by atoms with E-state index >= 15 is 0 Å². The van der Waals surface area contributed by atoms with Crippen molar-refractivity contribution in [2.45, 2.75) is 32.2 Å². The second kappa shape index (κ2) is 5.66. The van der Waals surface area contributed by atoms with Gasteiger partial charge in [0.05, 0.1) is 0 Å². The molecule has 0 aliphatic heterocycles. The number of amides is 1. The average molecular weight is 220 g/mol. The van der Waals surface area contributed by atoms with Crippen molar-refractivity contribution in [2.75, 3.05) is 7.05 Å². The highest BCUT2D eigenvalue weighted by atomic mass is 16.2. The number of carbonyl (C=O) groups excluding carboxylic acids is 1. The minimum absolute atomic E-state index is 0.156. The van der Waals surface area contributed by atoms with Crippen LogP contribution in [-0.4, -0.2) is 13.0 Å². The first-order valence-corrected chi connectivity index (χ1v) is 5.67. The number of rotatable bonds is 4. The van der Waals surface area contributed by atoms with Crippen LogP contribution in [0.1, 0.15) is 43.4 Å². The van der Waals surface area contributed by atoms with Gasteiger partial charge in [-0.05, 0) is 23.5 Å². The number of hydrogen-bond acceptors (Lipinski definition) is 2. The van der Waals surface area contributed by atoms with Crippen molar-refractivity contribution in [1.82, 2.24) is 5.32 Å². The van der Waals surface area contributed by atoms with Crippen LogP contribution in [0.2, 0.25) is 0 Å². The lowest BCUT2D eigenvalue weighted by Crippen LogP contribution is -2.31. The van der Waals surface area contributed by atoms with Crippen molar-refractivity contribution in [2.24, 2.45) is 5.73 Å². The lowest BCUT2D eigenvalue weighted by molar-refractivity contribution is -0.121. The molecule has 16 heavy (non-hydrogen) atoms. The molecule has 2 unspecified atom stereocenters. The number of nitrogens with one attached hydrogen (secondary N) is 1. The van der Waals surface area contributed by atoms with Crippen LogP contribution in [0.15, 0.2) is 24.3 Å². The van der Waals surface area contributed by atoms with Crippen LogP contribution >= 0.6 is 0 Å². The highest BCUT2D eigenvalue weighted by Gasteiger charge is 2.14. The summed E-state index contributed by atoms with van der Waals surface area (Å²) < 4.78 is 0. The molecule has 0 saturated carbocycles. The molecular weight excluding hydrogens is 200 g/mol. The zero-order valence-corrected chi connectivity index (χ0v) is 10.2. The summed E-state index contributed by atoms with van der Waals surface area (Å²) in [6.07, 6.45) is 1.11. The van der Waals surface area contributed by atoms with Crippen LogP contribution in [0.5, 0.6) is 0 Å². The molecule has 3 nitrogen and oxygen atoms in total. The minimum atomic E-state index is -0.573. The summed E-state index contributed by atoms with van der Waals surface area (Å²) >= 11 is 0. The van der Waals surface area contributed by atoms with Crippen molar-refractivity contribution < 1.29 is 4.79 Å². The number of nitrogens with two attached hydrogens (primary N) is 1. The van der Waals surface area contributed by atoms with Crippen LogP contribution in [0.3, 0.4) is 0 Å². The Morgan fingerprint density at radius 3 is 2.25 bits per heavy atom. The number of benzene rings is 1. The third-order valence-corrected chi connectivity index (χ3v) is 3.01. The van der Waals surface area contributed by atoms with Crippen molar-refractivity contribution >= 4 is 5.91 Å². The van der Waals surface area contributed by atoms with E-state index in [9.17, 15) is 4.79 Å². The molecule has 2 atom stereocenters. The molecule has 0 radical (unpaired) electrons. The van der Waals surface area contributed by atoms with Crippen molar-refractivity contribution in [3.63, 3.8) is 0 Å². The molecule has 0 saturated heterocycles. The highest BCUT2D eigenvalue weighted by molar-refractivity contribution is 5.82. The molecule has 1 aromatic carbocycles. The highest BCUT2D eigenvalue weighted by Crippen LogP contribution is 2.20. The predicted molar refractivity (Wildman–Crippen MR) is 66.1 cm³/mol. The Hall–Kier alpha value is -1.35. The van der Waals surface area contributed by atoms with E-state index in [2.05, 4.69) is 19.2 Å². The molecule has 3 N–H and O–H groups in total. The SMILES string of the molecule is CCC(C)c1ccc(C(N)C(=O)NC)cc1. The maximum Gasteiger partial charge on any atom is 0.241 e. The Morgan fingerprint density at radius 2 is 1.81 bits per heavy atom. The van der Waals surface area contributed by atoms with E-state index in [0.717, 1.165) is 12.0 Å². The molecule has 3 heteroatoms. The smallest absolute Gasteiger partial charge is 0.241 e. The molecule has 0 aliphatic rings. The zero-order valence-electron chi connectivity index (χ0n) is 10.2. The minimum Gasteiger partial charge on any atom is -0.358 e. The van der Waals surface area contributed by atoms with Gasteiger partial charge in [0.15, 0.2) is 0 Å². The van der Waals surface area contributed by atoms with Gasteiger partial charge in [-0.25, -0.2) is 0 Å². The summed E-state index contributed by atoms with van der Waals surface area (Å²) in [5.74, 6) is 0.390. The number of carbonyl (C=O) groups is 1. The largest absolute Gasteiger partial charge is 0.358 e. The number of likely N-dealkylation sites (N-methyl/N-ethyl adjacent to an activating group) is 1. The molecule has 0 fully saturated rings. The number of hydrogen-bond donors (Lipinski definition) is 2. The quantitative estimate of drug-likeness (QED) is 0.814. The predicted octanol–water partition coefficient (Wildman–Crippen LogP) is 1.95. The van der Waals surface area contributed by atoms with E-state index in [0.29, 0.717) is 5.92 Å². The standard InChI is InChI=1S/C13H20N2O/c1-4-9(2)10-5-7-11(8-6-10)12(14)13(16)15-3/h5-9,12H,4,14H2,1-3H3,(H,15,16). The Balaban J connectivity index is 2.82. The zero-order chi connectivity index (χ0) is 12.1. The summed E-state index contributed by atoms with van der Waals surface area (Å²) in [6, 6.07) is 7.39. The fourth-order valence-corrected chi connectivity index (χ4v) is 1.57. The molecule has 88 valence electrons. The Morgan fingerprint density at radius 1 is 1.31 bits per heavy atom. The summed E-state index contributed by atoms with van der Waals surface area (Å²) in [5, 5.41) is 2.55. The van der Waals surface area contributed by atoms with Crippen LogP contribution in [0, 0.1) is 0 Å². The first-order chi connectivity index (χ1) is 7.60. The normalized spacial score (nSPS) is 14.2. The monoisotopic (exact) mass is 220 g/mol. The van der Waals surface area contributed by atoms with Gasteiger partial charge in [0.2, 0.25) is 5.91 Å². The molecule has 0 spiro atoms. The second-order valence-corrected chi connectivity index (χ2v) is 4.07. The first kappa shape index (κ1) is 12.7. The third kappa shape index (κ3) is 2.83. The van der Waals surface area contributed by atoms with Gasteiger partial charge in [-0.2, -0.15) is 0 Å². The van der Waals surface area contributed by atoms with Gasteiger partial charge in [-0.15, -0.1) is 0 Å². The first-order valence-electron chi connectivity index (χ1n) is 5.67. The van der Waals surface area contributed by atoms with E-state index in [1.54, 1.807) is 7.05 Å². The molecule has 0 bridgehead atoms. The third-order valence-electron chi connectivity index (χ3n) is 3.01. The van der Waals surface area contributed by atoms with Crippen LogP contribution in [0.25, 0.3) is 0 Å². The van der Waals surface area contributed by atoms with Crippen molar-refractivity contribution in [3.8, 4) is 0 Å². The van der Waals surface area contributed by atoms with E-state index in [1.807, 2.05) is 24.3 Å². The Kier molecular flexibility index (Phi) is 4.50. The fourth-order valence-electron chi connectivity index (χ4n) is 1.57. The summed E-state index contributed by atoms with van der Waals surface area (Å²) in [7, 11) is 1.59. The molecule has 0 heterocycles. The van der Waals surface area contributed by atoms with Gasteiger partial charge in [0, 0.05) is 7.05 Å². The van der Waals surface area contributed by atoms with Gasteiger partial charge in [-0.3, -0.25) is 4.79 Å². The summed E-state index contributed by atoms with van der Waals surface area (Å²) in [4.78, 5) is 11.4. The maximum atomic E-state index is 11.4. The van der Waals surface area contributed by atoms with E-state index < -0.39 is 6.04 Å². The van der Waals surface area contributed by atoms with Crippen molar-refractivity contribution in [3.05, 3.63) is 35.4 Å². The molecule has 0 aliphatic carbocycles. The lowest BCUT2D eigenvalue weighted by atomic mass is 9.96. The van der Waals surface area contributed by atoms with Crippen LogP contribution in [0.4, 0.5) is 0 Å². The maximum absolute atomic E-state index is 11.4. The van der Waals surface area contributed by atoms with Gasteiger partial charge in [0.25, 0.3) is 0 Å². The lowest BCUT2D eigenvalue weighted by Gasteiger charge is -2.13. The summed E-state index contributed by atoms with van der Waals surface area (Å²) in [6.45, 7) is 4.35. The molecule has 1 rings (SSSR count). The van der Waals surface area contributed by atoms with Gasteiger partial charge in [-0.1, -0.05) is 38.1 Å². The second-order valence-electron chi connectivity index (χ2n) is 4.07. The summed E-state index contributed by atoms with van der Waals surface area (Å²) in [5.41, 5.74) is 7.94. The van der Waals surface area contributed by atoms with Gasteiger partial charge in [0.1, 0.15) is 6.04 Å². The van der Waals surface area contributed by atoms with E-state index in [1.165, 1.54) is 5.56 Å². The average Bonchev–Trinajstić information content (AvgIpc) is 2.36. The van der Waals surface area contributed by atoms with Crippen molar-refractivity contribution in [1.29, 1.82) is 0 Å².